The predicted molar refractivity (Wildman–Crippen MR) is 76.5 cm³/mol. The monoisotopic (exact) mass is 337 g/mol. The number of fused-ring (bicyclic) bond motifs is 1. The second kappa shape index (κ2) is 6.50. The summed E-state index contributed by atoms with van der Waals surface area (Å²) in [7, 11) is 4.92. The molecule has 6 heteroatoms. The van der Waals surface area contributed by atoms with Crippen LogP contribution in [0.15, 0.2) is 4.47 Å². The summed E-state index contributed by atoms with van der Waals surface area (Å²) in [6.07, 6.45) is 0.928. The molecule has 102 valence electrons. The first-order valence-electron chi connectivity index (χ1n) is 5.44. The van der Waals surface area contributed by atoms with E-state index in [0.717, 1.165) is 29.7 Å². The van der Waals surface area contributed by atoms with Crippen molar-refractivity contribution in [1.82, 2.24) is 5.32 Å². The number of nitrogens with one attached hydrogen (secondary N) is 1. The van der Waals surface area contributed by atoms with Crippen molar-refractivity contribution in [3.8, 4) is 17.2 Å². The summed E-state index contributed by atoms with van der Waals surface area (Å²) in [4.78, 5) is 0. The fourth-order valence-electron chi connectivity index (χ4n) is 2.21. The van der Waals surface area contributed by atoms with Crippen molar-refractivity contribution in [1.29, 1.82) is 0 Å². The lowest BCUT2D eigenvalue weighted by atomic mass is 9.98. The smallest absolute Gasteiger partial charge is 0.204 e. The van der Waals surface area contributed by atoms with Crippen LogP contribution < -0.4 is 19.5 Å². The molecule has 0 fully saturated rings. The van der Waals surface area contributed by atoms with E-state index in [4.69, 9.17) is 14.2 Å². The van der Waals surface area contributed by atoms with Crippen molar-refractivity contribution in [2.75, 3.05) is 27.9 Å². The van der Waals surface area contributed by atoms with Gasteiger partial charge in [-0.1, -0.05) is 0 Å². The minimum atomic E-state index is 0. The van der Waals surface area contributed by atoms with Gasteiger partial charge in [0.1, 0.15) is 0 Å². The molecular weight excluding hydrogens is 321 g/mol. The van der Waals surface area contributed by atoms with E-state index in [0.29, 0.717) is 11.5 Å². The molecule has 0 radical (unpaired) electrons. The minimum absolute atomic E-state index is 0. The van der Waals surface area contributed by atoms with E-state index in [1.165, 1.54) is 11.1 Å². The van der Waals surface area contributed by atoms with Crippen LogP contribution in [0.4, 0.5) is 0 Å². The second-order valence-electron chi connectivity index (χ2n) is 3.80. The van der Waals surface area contributed by atoms with Crippen molar-refractivity contribution >= 4 is 28.3 Å². The zero-order valence-corrected chi connectivity index (χ0v) is 13.0. The molecule has 1 aliphatic rings. The molecule has 0 unspecified atom stereocenters. The molecule has 1 N–H and O–H groups in total. The zero-order chi connectivity index (χ0) is 12.4. The average Bonchev–Trinajstić information content (AvgIpc) is 2.38. The fraction of sp³-hybridized carbons (Fsp3) is 0.500. The van der Waals surface area contributed by atoms with Gasteiger partial charge in [0.05, 0.1) is 25.8 Å². The van der Waals surface area contributed by atoms with Crippen LogP contribution in [0.5, 0.6) is 17.2 Å². The normalized spacial score (nSPS) is 13.3. The molecule has 18 heavy (non-hydrogen) atoms. The summed E-state index contributed by atoms with van der Waals surface area (Å²) in [6, 6.07) is 0. The van der Waals surface area contributed by atoms with Crippen molar-refractivity contribution in [2.24, 2.45) is 0 Å². The third-order valence-corrected chi connectivity index (χ3v) is 3.82. The summed E-state index contributed by atoms with van der Waals surface area (Å²) < 4.78 is 17.2. The van der Waals surface area contributed by atoms with Crippen molar-refractivity contribution in [2.45, 2.75) is 13.0 Å². The first-order valence-corrected chi connectivity index (χ1v) is 6.23. The first kappa shape index (κ1) is 15.4. The molecule has 0 aromatic heterocycles. The van der Waals surface area contributed by atoms with Crippen molar-refractivity contribution in [3.63, 3.8) is 0 Å². The highest BCUT2D eigenvalue weighted by Crippen LogP contribution is 2.48. The van der Waals surface area contributed by atoms with Crippen LogP contribution in [0.2, 0.25) is 0 Å². The van der Waals surface area contributed by atoms with Crippen LogP contribution in [0.1, 0.15) is 11.1 Å². The fourth-order valence-corrected chi connectivity index (χ4v) is 2.93. The Balaban J connectivity index is 0.00000162. The average molecular weight is 339 g/mol. The molecule has 0 saturated heterocycles. The van der Waals surface area contributed by atoms with Crippen molar-refractivity contribution < 1.29 is 14.2 Å². The van der Waals surface area contributed by atoms with E-state index < -0.39 is 0 Å². The van der Waals surface area contributed by atoms with Crippen LogP contribution in [0.25, 0.3) is 0 Å². The molecule has 0 saturated carbocycles. The summed E-state index contributed by atoms with van der Waals surface area (Å²) in [5.41, 5.74) is 2.38. The Morgan fingerprint density at radius 2 is 1.56 bits per heavy atom. The maximum absolute atomic E-state index is 5.48. The largest absolute Gasteiger partial charge is 0.492 e. The summed E-state index contributed by atoms with van der Waals surface area (Å²) in [5.74, 6) is 2.12. The van der Waals surface area contributed by atoms with E-state index >= 15 is 0 Å². The van der Waals surface area contributed by atoms with Gasteiger partial charge < -0.3 is 19.5 Å². The standard InChI is InChI=1S/C12H16BrNO3.ClH/c1-15-10-7-4-5-14-6-8(7)9(13)11(16-2)12(10)17-3;/h14H,4-6H2,1-3H3;1H. The van der Waals surface area contributed by atoms with Gasteiger partial charge in [0, 0.05) is 12.1 Å². The number of rotatable bonds is 3. The molecule has 4 nitrogen and oxygen atoms in total. The van der Waals surface area contributed by atoms with E-state index in [9.17, 15) is 0 Å². The lowest BCUT2D eigenvalue weighted by molar-refractivity contribution is 0.318. The Morgan fingerprint density at radius 1 is 0.944 bits per heavy atom. The van der Waals surface area contributed by atoms with E-state index in [2.05, 4.69) is 21.2 Å². The number of halogens is 2. The summed E-state index contributed by atoms with van der Waals surface area (Å²) in [6.45, 7) is 1.76. The van der Waals surface area contributed by atoms with Gasteiger partial charge in [0.2, 0.25) is 5.75 Å². The molecular formula is C12H17BrClNO3. The third-order valence-electron chi connectivity index (χ3n) is 2.98. The molecule has 0 spiro atoms. The highest BCUT2D eigenvalue weighted by Gasteiger charge is 2.26. The molecule has 0 bridgehead atoms. The van der Waals surface area contributed by atoms with Gasteiger partial charge in [-0.05, 0) is 34.5 Å². The van der Waals surface area contributed by atoms with Crippen LogP contribution in [-0.2, 0) is 13.0 Å². The lowest BCUT2D eigenvalue weighted by Crippen LogP contribution is -2.25. The molecule has 1 heterocycles. The number of benzene rings is 1. The molecule has 2 rings (SSSR count). The molecule has 0 atom stereocenters. The van der Waals surface area contributed by atoms with Gasteiger partial charge in [-0.2, -0.15) is 0 Å². The first-order chi connectivity index (χ1) is 8.24. The third kappa shape index (κ3) is 2.39. The molecule has 1 aliphatic heterocycles. The Morgan fingerprint density at radius 3 is 2.11 bits per heavy atom. The van der Waals surface area contributed by atoms with Crippen LogP contribution in [0, 0.1) is 0 Å². The van der Waals surface area contributed by atoms with Gasteiger partial charge in [-0.3, -0.25) is 0 Å². The molecule has 1 aromatic carbocycles. The maximum Gasteiger partial charge on any atom is 0.204 e. The van der Waals surface area contributed by atoms with Gasteiger partial charge in [-0.15, -0.1) is 12.4 Å². The molecule has 0 aliphatic carbocycles. The number of hydrogen-bond donors (Lipinski definition) is 1. The van der Waals surface area contributed by atoms with E-state index in [-0.39, 0.29) is 12.4 Å². The van der Waals surface area contributed by atoms with Crippen LogP contribution in [0.3, 0.4) is 0 Å². The topological polar surface area (TPSA) is 39.7 Å². The Kier molecular flexibility index (Phi) is 5.56. The Labute approximate surface area is 122 Å². The summed E-state index contributed by atoms with van der Waals surface area (Å²) >= 11 is 3.58. The van der Waals surface area contributed by atoms with E-state index in [1.54, 1.807) is 21.3 Å². The molecule has 0 amide bonds. The number of methoxy groups -OCH3 is 3. The van der Waals surface area contributed by atoms with Gasteiger partial charge in [0.15, 0.2) is 11.5 Å². The minimum Gasteiger partial charge on any atom is -0.492 e. The van der Waals surface area contributed by atoms with Gasteiger partial charge >= 0.3 is 0 Å². The lowest BCUT2D eigenvalue weighted by Gasteiger charge is -2.25. The SMILES string of the molecule is COc1c(Br)c2c(c(OC)c1OC)CCNC2.Cl. The van der Waals surface area contributed by atoms with Crippen LogP contribution >= 0.6 is 28.3 Å². The summed E-state index contributed by atoms with van der Waals surface area (Å²) in [5, 5.41) is 3.34. The highest BCUT2D eigenvalue weighted by atomic mass is 79.9. The van der Waals surface area contributed by atoms with Gasteiger partial charge in [-0.25, -0.2) is 0 Å². The van der Waals surface area contributed by atoms with Crippen molar-refractivity contribution in [3.05, 3.63) is 15.6 Å². The number of ether oxygens (including phenoxy) is 3. The maximum atomic E-state index is 5.48. The predicted octanol–water partition coefficient (Wildman–Crippen LogP) is 2.54. The molecule has 1 aromatic rings. The van der Waals surface area contributed by atoms with Crippen LogP contribution in [-0.4, -0.2) is 27.9 Å². The Bertz CT molecular complexity index is 423. The second-order valence-corrected chi connectivity index (χ2v) is 4.59. The van der Waals surface area contributed by atoms with E-state index in [1.807, 2.05) is 0 Å². The zero-order valence-electron chi connectivity index (χ0n) is 10.6. The Hall–Kier alpha value is -0.650. The highest BCUT2D eigenvalue weighted by molar-refractivity contribution is 9.10. The number of hydrogen-bond acceptors (Lipinski definition) is 4. The van der Waals surface area contributed by atoms with Gasteiger partial charge in [0.25, 0.3) is 0 Å². The quantitative estimate of drug-likeness (QED) is 0.919.